The van der Waals surface area contributed by atoms with Crippen LogP contribution in [0.1, 0.15) is 6.92 Å². The predicted octanol–water partition coefficient (Wildman–Crippen LogP) is 0.915. The van der Waals surface area contributed by atoms with E-state index in [2.05, 4.69) is 4.98 Å². The monoisotopic (exact) mass is 268 g/mol. The van der Waals surface area contributed by atoms with Crippen molar-refractivity contribution in [1.29, 1.82) is 0 Å². The molecule has 18 heavy (non-hydrogen) atoms. The third-order valence-electron chi connectivity index (χ3n) is 2.57. The van der Waals surface area contributed by atoms with Gasteiger partial charge in [0.1, 0.15) is 6.54 Å². The van der Waals surface area contributed by atoms with Crippen molar-refractivity contribution in [2.24, 2.45) is 0 Å². The van der Waals surface area contributed by atoms with Crippen LogP contribution in [-0.4, -0.2) is 34.8 Å². The molecular weight excluding hydrogens is 256 g/mol. The molecule has 0 aliphatic carbocycles. The summed E-state index contributed by atoms with van der Waals surface area (Å²) in [6.45, 7) is 1.08. The van der Waals surface area contributed by atoms with Crippen molar-refractivity contribution in [3.63, 3.8) is 0 Å². The van der Waals surface area contributed by atoms with Crippen LogP contribution in [0.2, 0.25) is 0 Å². The molecule has 1 N–H and O–H groups in total. The van der Waals surface area contributed by atoms with Crippen molar-refractivity contribution in [1.82, 2.24) is 9.55 Å². The van der Waals surface area contributed by atoms with Gasteiger partial charge in [0.05, 0.1) is 16.8 Å². The molecule has 0 fully saturated rings. The van der Waals surface area contributed by atoms with Gasteiger partial charge in [-0.3, -0.25) is 4.79 Å². The summed E-state index contributed by atoms with van der Waals surface area (Å²) in [5.41, 5.74) is 0.984. The van der Waals surface area contributed by atoms with Crippen molar-refractivity contribution in [3.05, 3.63) is 24.3 Å². The molecule has 96 valence electrons. The molecule has 0 aliphatic rings. The van der Waals surface area contributed by atoms with Gasteiger partial charge in [-0.2, -0.15) is 0 Å². The first-order valence-electron chi connectivity index (χ1n) is 5.35. The number of benzene rings is 1. The molecule has 0 radical (unpaired) electrons. The Morgan fingerprint density at radius 1 is 1.39 bits per heavy atom. The zero-order valence-corrected chi connectivity index (χ0v) is 10.5. The molecular formula is C11H12N2O4S. The van der Waals surface area contributed by atoms with Crippen LogP contribution < -0.4 is 0 Å². The Bertz CT molecular complexity index is 703. The summed E-state index contributed by atoms with van der Waals surface area (Å²) >= 11 is 0. The van der Waals surface area contributed by atoms with E-state index >= 15 is 0 Å². The summed E-state index contributed by atoms with van der Waals surface area (Å²) in [6, 6.07) is 6.75. The molecule has 1 aromatic heterocycles. The molecule has 1 heterocycles. The SMILES string of the molecule is CCS(=O)(=O)c1nc2ccccc2n1CC(=O)O. The molecule has 0 unspecified atom stereocenters. The van der Waals surface area contributed by atoms with Crippen molar-refractivity contribution in [2.75, 3.05) is 5.75 Å². The third kappa shape index (κ3) is 2.08. The molecule has 0 saturated carbocycles. The lowest BCUT2D eigenvalue weighted by Gasteiger charge is -2.05. The van der Waals surface area contributed by atoms with Crippen molar-refractivity contribution < 1.29 is 18.3 Å². The summed E-state index contributed by atoms with van der Waals surface area (Å²) in [6.07, 6.45) is 0. The number of aromatic nitrogens is 2. The van der Waals surface area contributed by atoms with E-state index in [-0.39, 0.29) is 10.9 Å². The zero-order valence-electron chi connectivity index (χ0n) is 9.70. The van der Waals surface area contributed by atoms with Crippen molar-refractivity contribution in [2.45, 2.75) is 18.6 Å². The number of rotatable bonds is 4. The number of nitrogens with zero attached hydrogens (tertiary/aromatic N) is 2. The topological polar surface area (TPSA) is 89.3 Å². The molecule has 6 nitrogen and oxygen atoms in total. The summed E-state index contributed by atoms with van der Waals surface area (Å²) in [7, 11) is -3.55. The fourth-order valence-electron chi connectivity index (χ4n) is 1.71. The minimum atomic E-state index is -3.55. The Hall–Kier alpha value is -1.89. The van der Waals surface area contributed by atoms with E-state index in [9.17, 15) is 13.2 Å². The van der Waals surface area contributed by atoms with Crippen molar-refractivity contribution in [3.8, 4) is 0 Å². The Kier molecular flexibility index (Phi) is 3.08. The van der Waals surface area contributed by atoms with Gasteiger partial charge in [0.25, 0.3) is 0 Å². The Labute approximate surface area is 104 Å². The molecule has 0 saturated heterocycles. The van der Waals surface area contributed by atoms with Gasteiger partial charge in [-0.1, -0.05) is 19.1 Å². The third-order valence-corrected chi connectivity index (χ3v) is 4.20. The molecule has 7 heteroatoms. The number of aliphatic carboxylic acids is 1. The Morgan fingerprint density at radius 2 is 2.06 bits per heavy atom. The van der Waals surface area contributed by atoms with E-state index in [0.717, 1.165) is 0 Å². The minimum Gasteiger partial charge on any atom is -0.480 e. The maximum Gasteiger partial charge on any atom is 0.323 e. The quantitative estimate of drug-likeness (QED) is 0.890. The average molecular weight is 268 g/mol. The second-order valence-electron chi connectivity index (χ2n) is 3.77. The molecule has 2 aromatic rings. The number of para-hydroxylation sites is 2. The normalized spacial score (nSPS) is 11.8. The van der Waals surface area contributed by atoms with Crippen molar-refractivity contribution >= 4 is 26.8 Å². The van der Waals surface area contributed by atoms with Crippen LogP contribution in [0.15, 0.2) is 29.4 Å². The predicted molar refractivity (Wildman–Crippen MR) is 65.1 cm³/mol. The van der Waals surface area contributed by atoms with Gasteiger partial charge in [0.15, 0.2) is 0 Å². The number of hydrogen-bond donors (Lipinski definition) is 1. The molecule has 0 atom stereocenters. The number of carboxylic acid groups (broad SMARTS) is 1. The molecule has 2 rings (SSSR count). The smallest absolute Gasteiger partial charge is 0.323 e. The zero-order chi connectivity index (χ0) is 13.3. The summed E-state index contributed by atoms with van der Waals surface area (Å²) in [5.74, 6) is -1.22. The van der Waals surface area contributed by atoms with Crippen LogP contribution in [0.4, 0.5) is 0 Å². The first kappa shape index (κ1) is 12.6. The number of imidazole rings is 1. The number of carbonyl (C=O) groups is 1. The molecule has 0 bridgehead atoms. The average Bonchev–Trinajstić information content (AvgIpc) is 2.68. The Balaban J connectivity index is 2.76. The van der Waals surface area contributed by atoms with Crippen LogP contribution in [-0.2, 0) is 21.2 Å². The highest BCUT2D eigenvalue weighted by atomic mass is 32.2. The number of fused-ring (bicyclic) bond motifs is 1. The number of carboxylic acids is 1. The van der Waals surface area contributed by atoms with E-state index < -0.39 is 22.4 Å². The summed E-state index contributed by atoms with van der Waals surface area (Å²) < 4.78 is 25.0. The fourth-order valence-corrected chi connectivity index (χ4v) is 2.70. The fraction of sp³-hybridized carbons (Fsp3) is 0.273. The van der Waals surface area contributed by atoms with Gasteiger partial charge in [-0.15, -0.1) is 0 Å². The molecule has 0 amide bonds. The van der Waals surface area contributed by atoms with Gasteiger partial charge in [-0.05, 0) is 12.1 Å². The highest BCUT2D eigenvalue weighted by Crippen LogP contribution is 2.20. The van der Waals surface area contributed by atoms with Crippen LogP contribution in [0.3, 0.4) is 0 Å². The Morgan fingerprint density at radius 3 is 2.67 bits per heavy atom. The lowest BCUT2D eigenvalue weighted by Crippen LogP contribution is -2.16. The largest absolute Gasteiger partial charge is 0.480 e. The standard InChI is InChI=1S/C11H12N2O4S/c1-2-18(16,17)11-12-8-5-3-4-6-9(8)13(11)7-10(14)15/h3-6H,2,7H2,1H3,(H,14,15). The van der Waals surface area contributed by atoms with E-state index in [0.29, 0.717) is 11.0 Å². The van der Waals surface area contributed by atoms with Gasteiger partial charge >= 0.3 is 5.97 Å². The first-order valence-corrected chi connectivity index (χ1v) is 7.00. The second kappa shape index (κ2) is 4.41. The number of hydrogen-bond acceptors (Lipinski definition) is 4. The summed E-state index contributed by atoms with van der Waals surface area (Å²) in [5, 5.41) is 8.68. The lowest BCUT2D eigenvalue weighted by molar-refractivity contribution is -0.137. The van der Waals surface area contributed by atoms with Crippen LogP contribution in [0.5, 0.6) is 0 Å². The maximum absolute atomic E-state index is 11.9. The van der Waals surface area contributed by atoms with Crippen LogP contribution in [0.25, 0.3) is 11.0 Å². The van der Waals surface area contributed by atoms with E-state index in [1.54, 1.807) is 24.3 Å². The molecule has 0 aliphatic heterocycles. The summed E-state index contributed by atoms with van der Waals surface area (Å²) in [4.78, 5) is 14.9. The molecule has 1 aromatic carbocycles. The van der Waals surface area contributed by atoms with E-state index in [4.69, 9.17) is 5.11 Å². The number of sulfone groups is 1. The van der Waals surface area contributed by atoms with Gasteiger partial charge < -0.3 is 9.67 Å². The second-order valence-corrected chi connectivity index (χ2v) is 5.94. The van der Waals surface area contributed by atoms with Crippen LogP contribution >= 0.6 is 0 Å². The van der Waals surface area contributed by atoms with Gasteiger partial charge in [0, 0.05) is 0 Å². The lowest BCUT2D eigenvalue weighted by atomic mass is 10.3. The highest BCUT2D eigenvalue weighted by Gasteiger charge is 2.22. The highest BCUT2D eigenvalue weighted by molar-refractivity contribution is 7.91. The van der Waals surface area contributed by atoms with E-state index in [1.165, 1.54) is 11.5 Å². The maximum atomic E-state index is 11.9. The first-order chi connectivity index (χ1) is 8.45. The minimum absolute atomic E-state index is 0.115. The molecule has 0 spiro atoms. The van der Waals surface area contributed by atoms with Gasteiger partial charge in [-0.25, -0.2) is 13.4 Å². The van der Waals surface area contributed by atoms with Crippen LogP contribution in [0, 0.1) is 0 Å². The van der Waals surface area contributed by atoms with E-state index in [1.807, 2.05) is 0 Å². The van der Waals surface area contributed by atoms with Gasteiger partial charge in [0.2, 0.25) is 15.0 Å².